The number of nitrogens with one attached hydrogen (secondary N) is 1. The summed E-state index contributed by atoms with van der Waals surface area (Å²) < 4.78 is 1.38. The third kappa shape index (κ3) is 4.29. The van der Waals surface area contributed by atoms with Crippen LogP contribution in [0.1, 0.15) is 67.1 Å². The zero-order valence-corrected chi connectivity index (χ0v) is 18.6. The molecule has 2 fully saturated rings. The number of amides is 2. The van der Waals surface area contributed by atoms with E-state index in [0.717, 1.165) is 51.6 Å². The van der Waals surface area contributed by atoms with Crippen LogP contribution in [0.5, 0.6) is 0 Å². The molecule has 1 saturated heterocycles. The van der Waals surface area contributed by atoms with E-state index in [1.54, 1.807) is 6.92 Å². The lowest BCUT2D eigenvalue weighted by Gasteiger charge is -2.30. The highest BCUT2D eigenvalue weighted by Crippen LogP contribution is 2.27. The number of aromatic nitrogens is 2. The lowest BCUT2D eigenvalue weighted by atomic mass is 9.95. The molecule has 0 unspecified atom stereocenters. The third-order valence-electron chi connectivity index (χ3n) is 6.51. The molecule has 2 aromatic rings. The van der Waals surface area contributed by atoms with Gasteiger partial charge in [0.05, 0.1) is 16.6 Å². The van der Waals surface area contributed by atoms with Gasteiger partial charge in [-0.1, -0.05) is 26.2 Å². The van der Waals surface area contributed by atoms with Crippen LogP contribution in [0.2, 0.25) is 0 Å². The molecule has 2 aliphatic rings. The van der Waals surface area contributed by atoms with Gasteiger partial charge in [-0.05, 0) is 44.1 Å². The standard InChI is InChI=1S/C22H30N4O3S/c1-14-8-10-25(11-9-14)17(27)12-26-13-23-21-18(22(26)29)15(2)19(30-21)20(28)24-16-6-4-3-5-7-16/h13-14,16H,3-12H2,1-2H3,(H,24,28). The molecule has 4 rings (SSSR count). The lowest BCUT2D eigenvalue weighted by Crippen LogP contribution is -2.41. The summed E-state index contributed by atoms with van der Waals surface area (Å²) in [5.41, 5.74) is 0.415. The normalized spacial score (nSPS) is 18.7. The van der Waals surface area contributed by atoms with Crippen LogP contribution < -0.4 is 10.9 Å². The van der Waals surface area contributed by atoms with Crippen molar-refractivity contribution in [3.8, 4) is 0 Å². The number of carbonyl (C=O) groups excluding carboxylic acids is 2. The van der Waals surface area contributed by atoms with E-state index in [1.807, 2.05) is 4.90 Å². The van der Waals surface area contributed by atoms with Crippen molar-refractivity contribution >= 4 is 33.4 Å². The van der Waals surface area contributed by atoms with Crippen LogP contribution in [-0.2, 0) is 11.3 Å². The number of thiophene rings is 1. The molecule has 8 heteroatoms. The average Bonchev–Trinajstić information content (AvgIpc) is 3.08. The Morgan fingerprint density at radius 1 is 1.17 bits per heavy atom. The first kappa shape index (κ1) is 21.0. The molecule has 162 valence electrons. The van der Waals surface area contributed by atoms with Gasteiger partial charge >= 0.3 is 0 Å². The maximum Gasteiger partial charge on any atom is 0.262 e. The Morgan fingerprint density at radius 2 is 1.87 bits per heavy atom. The van der Waals surface area contributed by atoms with Crippen LogP contribution in [0, 0.1) is 12.8 Å². The molecule has 30 heavy (non-hydrogen) atoms. The third-order valence-corrected chi connectivity index (χ3v) is 7.70. The number of nitrogens with zero attached hydrogens (tertiary/aromatic N) is 3. The molecule has 1 N–H and O–H groups in total. The summed E-state index contributed by atoms with van der Waals surface area (Å²) in [6.07, 6.45) is 8.98. The minimum absolute atomic E-state index is 0.00492. The second-order valence-electron chi connectivity index (χ2n) is 8.79. The fraction of sp³-hybridized carbons (Fsp3) is 0.636. The Hall–Kier alpha value is -2.22. The molecule has 0 radical (unpaired) electrons. The maximum absolute atomic E-state index is 13.1. The van der Waals surface area contributed by atoms with Gasteiger partial charge in [-0.2, -0.15) is 0 Å². The van der Waals surface area contributed by atoms with E-state index in [9.17, 15) is 14.4 Å². The van der Waals surface area contributed by atoms with Crippen LogP contribution in [0.25, 0.3) is 10.2 Å². The van der Waals surface area contributed by atoms with Crippen molar-refractivity contribution in [2.75, 3.05) is 13.1 Å². The fourth-order valence-corrected chi connectivity index (χ4v) is 5.53. The van der Waals surface area contributed by atoms with Crippen molar-refractivity contribution in [2.24, 2.45) is 5.92 Å². The topological polar surface area (TPSA) is 84.3 Å². The van der Waals surface area contributed by atoms with Crippen LogP contribution in [-0.4, -0.2) is 45.4 Å². The molecule has 0 bridgehead atoms. The lowest BCUT2D eigenvalue weighted by molar-refractivity contribution is -0.133. The van der Waals surface area contributed by atoms with Crippen molar-refractivity contribution in [1.82, 2.24) is 19.8 Å². The van der Waals surface area contributed by atoms with Gasteiger partial charge in [-0.3, -0.25) is 19.0 Å². The largest absolute Gasteiger partial charge is 0.349 e. The Balaban J connectivity index is 1.53. The van der Waals surface area contributed by atoms with E-state index in [4.69, 9.17) is 0 Å². The number of hydrogen-bond donors (Lipinski definition) is 1. The number of hydrogen-bond acceptors (Lipinski definition) is 5. The van der Waals surface area contributed by atoms with Crippen LogP contribution in [0.3, 0.4) is 0 Å². The molecule has 7 nitrogen and oxygen atoms in total. The van der Waals surface area contributed by atoms with Gasteiger partial charge < -0.3 is 10.2 Å². The molecule has 0 aromatic carbocycles. The van der Waals surface area contributed by atoms with Crippen molar-refractivity contribution in [3.05, 3.63) is 27.1 Å². The van der Waals surface area contributed by atoms with E-state index < -0.39 is 0 Å². The van der Waals surface area contributed by atoms with Gasteiger partial charge in [0.15, 0.2) is 0 Å². The van der Waals surface area contributed by atoms with E-state index in [2.05, 4.69) is 17.2 Å². The minimum atomic E-state index is -0.246. The smallest absolute Gasteiger partial charge is 0.262 e. The average molecular weight is 431 g/mol. The molecule has 3 heterocycles. The first-order valence-corrected chi connectivity index (χ1v) is 11.8. The minimum Gasteiger partial charge on any atom is -0.349 e. The number of likely N-dealkylation sites (tertiary alicyclic amines) is 1. The zero-order valence-electron chi connectivity index (χ0n) is 17.8. The monoisotopic (exact) mass is 430 g/mol. The number of rotatable bonds is 4. The van der Waals surface area contributed by atoms with Gasteiger partial charge in [-0.15, -0.1) is 11.3 Å². The first-order valence-electron chi connectivity index (χ1n) is 11.0. The molecule has 1 saturated carbocycles. The Kier molecular flexibility index (Phi) is 6.22. The van der Waals surface area contributed by atoms with E-state index >= 15 is 0 Å². The Morgan fingerprint density at radius 3 is 2.57 bits per heavy atom. The van der Waals surface area contributed by atoms with E-state index in [-0.39, 0.29) is 30.0 Å². The van der Waals surface area contributed by atoms with Crippen molar-refractivity contribution in [1.29, 1.82) is 0 Å². The zero-order chi connectivity index (χ0) is 21.3. The SMILES string of the molecule is Cc1c(C(=O)NC2CCCCC2)sc2ncn(CC(=O)N3CCC(C)CC3)c(=O)c12. The van der Waals surface area contributed by atoms with Gasteiger partial charge in [-0.25, -0.2) is 4.98 Å². The van der Waals surface area contributed by atoms with Crippen molar-refractivity contribution < 1.29 is 9.59 Å². The molecule has 2 amide bonds. The van der Waals surface area contributed by atoms with Crippen molar-refractivity contribution in [3.63, 3.8) is 0 Å². The number of aryl methyl sites for hydroxylation is 1. The molecule has 0 atom stereocenters. The van der Waals surface area contributed by atoms with Gasteiger partial charge in [0.1, 0.15) is 11.4 Å². The number of fused-ring (bicyclic) bond motifs is 1. The highest BCUT2D eigenvalue weighted by atomic mass is 32.1. The molecular weight excluding hydrogens is 400 g/mol. The fourth-order valence-electron chi connectivity index (χ4n) is 4.49. The Labute approximate surface area is 180 Å². The summed E-state index contributed by atoms with van der Waals surface area (Å²) in [5, 5.41) is 3.58. The number of carbonyl (C=O) groups is 2. The van der Waals surface area contributed by atoms with E-state index in [0.29, 0.717) is 26.6 Å². The second-order valence-corrected chi connectivity index (χ2v) is 9.78. The molecule has 2 aromatic heterocycles. The van der Waals surface area contributed by atoms with Gasteiger partial charge in [0.2, 0.25) is 5.91 Å². The highest BCUT2D eigenvalue weighted by Gasteiger charge is 2.24. The van der Waals surface area contributed by atoms with Crippen LogP contribution in [0.4, 0.5) is 0 Å². The predicted octanol–water partition coefficient (Wildman–Crippen LogP) is 3.09. The van der Waals surface area contributed by atoms with Gasteiger partial charge in [0, 0.05) is 19.1 Å². The summed E-state index contributed by atoms with van der Waals surface area (Å²) in [4.78, 5) is 45.9. The van der Waals surface area contributed by atoms with Crippen LogP contribution >= 0.6 is 11.3 Å². The summed E-state index contributed by atoms with van der Waals surface area (Å²) in [7, 11) is 0. The number of piperidine rings is 1. The summed E-state index contributed by atoms with van der Waals surface area (Å²) in [6.45, 7) is 5.48. The van der Waals surface area contributed by atoms with E-state index in [1.165, 1.54) is 28.7 Å². The summed E-state index contributed by atoms with van der Waals surface area (Å²) in [5.74, 6) is 0.474. The molecular formula is C22H30N4O3S. The molecule has 1 aliphatic heterocycles. The maximum atomic E-state index is 13.1. The highest BCUT2D eigenvalue weighted by molar-refractivity contribution is 7.20. The summed E-state index contributed by atoms with van der Waals surface area (Å²) in [6, 6.07) is 0.213. The Bertz CT molecular complexity index is 998. The summed E-state index contributed by atoms with van der Waals surface area (Å²) >= 11 is 1.26. The van der Waals surface area contributed by atoms with Crippen LogP contribution in [0.15, 0.2) is 11.1 Å². The first-order chi connectivity index (χ1) is 14.4. The predicted molar refractivity (Wildman–Crippen MR) is 118 cm³/mol. The van der Waals surface area contributed by atoms with Gasteiger partial charge in [0.25, 0.3) is 11.5 Å². The van der Waals surface area contributed by atoms with Crippen molar-refractivity contribution in [2.45, 2.75) is 71.4 Å². The molecule has 0 spiro atoms. The quantitative estimate of drug-likeness (QED) is 0.808. The molecule has 1 aliphatic carbocycles. The second kappa shape index (κ2) is 8.88.